The molecule has 0 saturated heterocycles. The second-order valence-electron chi connectivity index (χ2n) is 10.3. The molecule has 0 aliphatic heterocycles. The highest BCUT2D eigenvalue weighted by Gasteiger charge is 2.37. The molecule has 1 N–H and O–H groups in total. The van der Waals surface area contributed by atoms with Crippen LogP contribution in [0.1, 0.15) is 68.2 Å². The number of halogens is 5. The summed E-state index contributed by atoms with van der Waals surface area (Å²) in [6.45, 7) is 3.62. The van der Waals surface area contributed by atoms with E-state index in [9.17, 15) is 22.8 Å². The van der Waals surface area contributed by atoms with Gasteiger partial charge in [-0.25, -0.2) is 9.67 Å². The Morgan fingerprint density at radius 2 is 1.78 bits per heavy atom. The number of alkyl halides is 3. The largest absolute Gasteiger partial charge is 0.455 e. The molecule has 0 atom stereocenters. The minimum absolute atomic E-state index is 0.0180. The van der Waals surface area contributed by atoms with Crippen LogP contribution >= 0.6 is 23.2 Å². The highest BCUT2D eigenvalue weighted by atomic mass is 35.5. The number of benzene rings is 1. The molecule has 238 valence electrons. The molecule has 0 unspecified atom stereocenters. The van der Waals surface area contributed by atoms with Crippen LogP contribution in [-0.4, -0.2) is 51.6 Å². The number of aromatic nitrogens is 8. The van der Waals surface area contributed by atoms with E-state index in [0.717, 1.165) is 18.5 Å². The van der Waals surface area contributed by atoms with Crippen molar-refractivity contribution in [3.8, 4) is 5.82 Å². The predicted molar refractivity (Wildman–Crippen MR) is 162 cm³/mol. The molecule has 1 aromatic carbocycles. The maximum Gasteiger partial charge on any atom is 0.455 e. The summed E-state index contributed by atoms with van der Waals surface area (Å²) in [7, 11) is 0. The third-order valence-corrected chi connectivity index (χ3v) is 7.33. The number of hydrogen-bond acceptors (Lipinski definition) is 8. The van der Waals surface area contributed by atoms with Gasteiger partial charge in [-0.15, -0.1) is 10.2 Å². The van der Waals surface area contributed by atoms with Crippen molar-refractivity contribution in [2.45, 2.75) is 52.4 Å². The Morgan fingerprint density at radius 1 is 1.00 bits per heavy atom. The van der Waals surface area contributed by atoms with E-state index in [2.05, 4.69) is 42.7 Å². The van der Waals surface area contributed by atoms with Gasteiger partial charge in [0.25, 0.3) is 11.7 Å². The quantitative estimate of drug-likeness (QED) is 0.178. The van der Waals surface area contributed by atoms with E-state index >= 15 is 0 Å². The van der Waals surface area contributed by atoms with E-state index in [0.29, 0.717) is 26.6 Å². The van der Waals surface area contributed by atoms with Crippen LogP contribution in [0.25, 0.3) is 5.82 Å². The number of ketones is 1. The first-order valence-corrected chi connectivity index (χ1v) is 14.8. The first-order chi connectivity index (χ1) is 21.9. The fourth-order valence-corrected chi connectivity index (χ4v) is 5.19. The summed E-state index contributed by atoms with van der Waals surface area (Å²) < 4.78 is 40.2. The lowest BCUT2D eigenvalue weighted by atomic mass is 9.95. The highest BCUT2D eigenvalue weighted by molar-refractivity contribution is 6.32. The zero-order valence-corrected chi connectivity index (χ0v) is 26.0. The van der Waals surface area contributed by atoms with Crippen LogP contribution in [0.2, 0.25) is 10.0 Å². The molecule has 4 heterocycles. The Bertz CT molecular complexity index is 1910. The fraction of sp³-hybridized carbons (Fsp3) is 0.267. The minimum atomic E-state index is -4.78. The third-order valence-electron chi connectivity index (χ3n) is 6.82. The topological polar surface area (TPSA) is 133 Å². The number of pyridine rings is 2. The van der Waals surface area contributed by atoms with Gasteiger partial charge >= 0.3 is 6.18 Å². The van der Waals surface area contributed by atoms with Gasteiger partial charge in [-0.2, -0.15) is 23.1 Å². The van der Waals surface area contributed by atoms with Crippen molar-refractivity contribution in [3.05, 3.63) is 110 Å². The van der Waals surface area contributed by atoms with Gasteiger partial charge < -0.3 is 5.32 Å². The summed E-state index contributed by atoms with van der Waals surface area (Å²) in [5.74, 6) is -2.22. The number of rotatable bonds is 11. The number of nitrogens with one attached hydrogen (secondary N) is 1. The van der Waals surface area contributed by atoms with Crippen molar-refractivity contribution < 1.29 is 22.8 Å². The summed E-state index contributed by atoms with van der Waals surface area (Å²) >= 11 is 12.7. The van der Waals surface area contributed by atoms with Crippen LogP contribution < -0.4 is 5.32 Å². The maximum atomic E-state index is 13.9. The summed E-state index contributed by atoms with van der Waals surface area (Å²) in [6, 6.07) is 13.3. The molecular formula is C30H26Cl2F3N9O2. The number of hydrogen-bond donors (Lipinski definition) is 1. The number of Topliss-reactive ketones (excluding diaryl/α,β-unsaturated/α-hetero) is 1. The smallest absolute Gasteiger partial charge is 0.346 e. The van der Waals surface area contributed by atoms with Gasteiger partial charge in [0.1, 0.15) is 12.2 Å². The standard InChI is InChI=1S/C30H26Cl2F3N9O2/c1-3-6-19-7-4-8-20(38-19)15-37-28(46)23-12-18(31)11-17(2)22(23)14-26(45)25-13-21(16-43-41-29(39-42-43)30(33,34)35)40-44(25)27-24(32)9-5-10-36-27/h4-5,7-13H,3,6,14-16H2,1-2H3,(H,37,46). The normalized spacial score (nSPS) is 11.5. The van der Waals surface area contributed by atoms with Crippen LogP contribution in [-0.2, 0) is 32.1 Å². The molecule has 0 fully saturated rings. The van der Waals surface area contributed by atoms with Crippen molar-refractivity contribution in [3.63, 3.8) is 0 Å². The van der Waals surface area contributed by atoms with Gasteiger partial charge in [0.15, 0.2) is 11.6 Å². The molecule has 5 aromatic rings. The number of nitrogens with zero attached hydrogens (tertiary/aromatic N) is 8. The van der Waals surface area contributed by atoms with Crippen molar-refractivity contribution >= 4 is 34.9 Å². The second-order valence-corrected chi connectivity index (χ2v) is 11.1. The van der Waals surface area contributed by atoms with Gasteiger partial charge in [-0.1, -0.05) is 42.6 Å². The van der Waals surface area contributed by atoms with Gasteiger partial charge in [-0.3, -0.25) is 14.6 Å². The van der Waals surface area contributed by atoms with Crippen molar-refractivity contribution in [2.75, 3.05) is 0 Å². The van der Waals surface area contributed by atoms with E-state index in [-0.39, 0.29) is 47.3 Å². The summed E-state index contributed by atoms with van der Waals surface area (Å²) in [5.41, 5.74) is 2.99. The lowest BCUT2D eigenvalue weighted by molar-refractivity contribution is -0.145. The first-order valence-electron chi connectivity index (χ1n) is 14.0. The Balaban J connectivity index is 1.44. The van der Waals surface area contributed by atoms with Gasteiger partial charge in [0, 0.05) is 28.9 Å². The number of tetrazole rings is 1. The number of carbonyl (C=O) groups excluding carboxylic acids is 2. The van der Waals surface area contributed by atoms with Crippen LogP contribution in [0.3, 0.4) is 0 Å². The molecule has 46 heavy (non-hydrogen) atoms. The van der Waals surface area contributed by atoms with E-state index in [4.69, 9.17) is 23.2 Å². The summed E-state index contributed by atoms with van der Waals surface area (Å²) in [5, 5.41) is 17.6. The molecule has 16 heteroatoms. The van der Waals surface area contributed by atoms with E-state index < -0.39 is 23.7 Å². The molecule has 4 aromatic heterocycles. The Kier molecular flexibility index (Phi) is 9.77. The van der Waals surface area contributed by atoms with Crippen molar-refractivity contribution in [2.24, 2.45) is 0 Å². The average Bonchev–Trinajstić information content (AvgIpc) is 3.66. The Morgan fingerprint density at radius 3 is 2.50 bits per heavy atom. The molecule has 0 aliphatic carbocycles. The fourth-order valence-electron chi connectivity index (χ4n) is 4.72. The third kappa shape index (κ3) is 7.57. The van der Waals surface area contributed by atoms with Crippen LogP contribution in [0.4, 0.5) is 13.2 Å². The average molecular weight is 672 g/mol. The van der Waals surface area contributed by atoms with Gasteiger partial charge in [0.05, 0.1) is 23.0 Å². The number of amides is 1. The molecular weight excluding hydrogens is 646 g/mol. The lowest BCUT2D eigenvalue weighted by Gasteiger charge is -2.14. The lowest BCUT2D eigenvalue weighted by Crippen LogP contribution is -2.26. The molecule has 5 rings (SSSR count). The van der Waals surface area contributed by atoms with E-state index in [1.807, 2.05) is 18.2 Å². The Labute approximate surface area is 270 Å². The van der Waals surface area contributed by atoms with Crippen molar-refractivity contribution in [1.82, 2.24) is 45.3 Å². The van der Waals surface area contributed by atoms with Crippen LogP contribution in [0.15, 0.2) is 54.7 Å². The zero-order chi connectivity index (χ0) is 33.0. The molecule has 1 amide bonds. The molecule has 0 bridgehead atoms. The maximum absolute atomic E-state index is 13.9. The minimum Gasteiger partial charge on any atom is -0.346 e. The summed E-state index contributed by atoms with van der Waals surface area (Å²) in [6.07, 6.45) is -1.83. The highest BCUT2D eigenvalue weighted by Crippen LogP contribution is 2.27. The van der Waals surface area contributed by atoms with E-state index in [1.54, 1.807) is 25.1 Å². The molecule has 0 spiro atoms. The van der Waals surface area contributed by atoms with E-state index in [1.165, 1.54) is 23.0 Å². The number of aryl methyl sites for hydroxylation is 2. The van der Waals surface area contributed by atoms with Gasteiger partial charge in [0.2, 0.25) is 0 Å². The van der Waals surface area contributed by atoms with Crippen LogP contribution in [0.5, 0.6) is 0 Å². The molecule has 0 aliphatic rings. The second kappa shape index (κ2) is 13.7. The molecule has 11 nitrogen and oxygen atoms in total. The zero-order valence-electron chi connectivity index (χ0n) is 24.5. The van der Waals surface area contributed by atoms with Crippen molar-refractivity contribution in [1.29, 1.82) is 0 Å². The van der Waals surface area contributed by atoms with Crippen LogP contribution in [0, 0.1) is 6.92 Å². The Hall–Kier alpha value is -4.69. The van der Waals surface area contributed by atoms with Gasteiger partial charge in [-0.05, 0) is 72.1 Å². The number of carbonyl (C=O) groups is 2. The predicted octanol–water partition coefficient (Wildman–Crippen LogP) is 5.64. The molecule has 0 saturated carbocycles. The monoisotopic (exact) mass is 671 g/mol. The summed E-state index contributed by atoms with van der Waals surface area (Å²) in [4.78, 5) is 36.8. The first kappa shape index (κ1) is 32.7. The molecule has 0 radical (unpaired) electrons. The SMILES string of the molecule is CCCc1cccc(CNC(=O)c2cc(Cl)cc(C)c2CC(=O)c2cc(Cn3nnc(C(F)(F)F)n3)nn2-c2ncccc2Cl)n1.